The molecule has 0 spiro atoms. The van der Waals surface area contributed by atoms with E-state index in [1.54, 1.807) is 0 Å². The molecule has 0 heterocycles. The van der Waals surface area contributed by atoms with E-state index < -0.39 is 0 Å². The second-order valence-corrected chi connectivity index (χ2v) is 3.81. The molecule has 1 aliphatic carbocycles. The Balaban J connectivity index is 1.86. The maximum Gasteiger partial charge on any atom is 0.0143 e. The Bertz CT molecular complexity index is 255. The first-order chi connectivity index (χ1) is 6.42. The van der Waals surface area contributed by atoms with Gasteiger partial charge in [-0.1, -0.05) is 37.3 Å². The lowest BCUT2D eigenvalue weighted by Gasteiger charge is -2.01. The lowest BCUT2D eigenvalue weighted by molar-refractivity contribution is 0.658. The van der Waals surface area contributed by atoms with Gasteiger partial charge in [-0.2, -0.15) is 0 Å². The summed E-state index contributed by atoms with van der Waals surface area (Å²) in [6.45, 7) is 3.38. The van der Waals surface area contributed by atoms with E-state index in [9.17, 15) is 0 Å². The van der Waals surface area contributed by atoms with Gasteiger partial charge in [0.25, 0.3) is 0 Å². The Morgan fingerprint density at radius 3 is 2.77 bits per heavy atom. The molecule has 0 radical (unpaired) electrons. The van der Waals surface area contributed by atoms with E-state index in [-0.39, 0.29) is 0 Å². The summed E-state index contributed by atoms with van der Waals surface area (Å²) in [4.78, 5) is 0. The lowest BCUT2D eigenvalue weighted by Crippen LogP contribution is -2.18. The van der Waals surface area contributed by atoms with Gasteiger partial charge in [-0.05, 0) is 24.9 Å². The Morgan fingerprint density at radius 2 is 2.08 bits per heavy atom. The number of nitrogens with one attached hydrogen (secondary N) is 1. The van der Waals surface area contributed by atoms with Crippen molar-refractivity contribution in [1.29, 1.82) is 0 Å². The largest absolute Gasteiger partial charge is 0.313 e. The standard InChI is InChI=1S/C12H17N/c1-2-8-13-12-9-11(12)10-6-4-3-5-7-10/h3-7,11-13H,2,8-9H2,1H3/t11-,12+/m0/s1. The molecule has 0 unspecified atom stereocenters. The van der Waals surface area contributed by atoms with Crippen LogP contribution in [0.25, 0.3) is 0 Å². The van der Waals surface area contributed by atoms with Crippen molar-refractivity contribution in [3.05, 3.63) is 35.9 Å². The van der Waals surface area contributed by atoms with Crippen LogP contribution in [0.15, 0.2) is 30.3 Å². The number of hydrogen-bond acceptors (Lipinski definition) is 1. The van der Waals surface area contributed by atoms with Gasteiger partial charge in [0, 0.05) is 12.0 Å². The van der Waals surface area contributed by atoms with Crippen LogP contribution in [-0.2, 0) is 0 Å². The maximum atomic E-state index is 3.55. The van der Waals surface area contributed by atoms with E-state index in [2.05, 4.69) is 42.6 Å². The summed E-state index contributed by atoms with van der Waals surface area (Å²) in [5.41, 5.74) is 1.50. The predicted molar refractivity (Wildman–Crippen MR) is 55.9 cm³/mol. The van der Waals surface area contributed by atoms with Crippen LogP contribution in [0.4, 0.5) is 0 Å². The van der Waals surface area contributed by atoms with Crippen LogP contribution in [-0.4, -0.2) is 12.6 Å². The summed E-state index contributed by atoms with van der Waals surface area (Å²) in [7, 11) is 0. The molecule has 1 saturated carbocycles. The number of rotatable bonds is 4. The smallest absolute Gasteiger partial charge is 0.0143 e. The molecule has 1 heteroatoms. The Morgan fingerprint density at radius 1 is 1.31 bits per heavy atom. The minimum Gasteiger partial charge on any atom is -0.313 e. The fourth-order valence-electron chi connectivity index (χ4n) is 1.82. The highest BCUT2D eigenvalue weighted by molar-refractivity contribution is 5.27. The molecule has 1 N–H and O–H groups in total. The molecule has 1 aliphatic rings. The van der Waals surface area contributed by atoms with Crippen molar-refractivity contribution >= 4 is 0 Å². The van der Waals surface area contributed by atoms with E-state index in [0.29, 0.717) is 0 Å². The zero-order valence-electron chi connectivity index (χ0n) is 8.16. The van der Waals surface area contributed by atoms with Crippen molar-refractivity contribution in [2.45, 2.75) is 31.7 Å². The Kier molecular flexibility index (Phi) is 2.65. The fourth-order valence-corrected chi connectivity index (χ4v) is 1.82. The van der Waals surface area contributed by atoms with Gasteiger partial charge in [0.2, 0.25) is 0 Å². The fraction of sp³-hybridized carbons (Fsp3) is 0.500. The normalized spacial score (nSPS) is 25.9. The summed E-state index contributed by atoms with van der Waals surface area (Å²) in [6.07, 6.45) is 2.56. The highest BCUT2D eigenvalue weighted by atomic mass is 15.0. The third-order valence-electron chi connectivity index (χ3n) is 2.67. The highest BCUT2D eigenvalue weighted by Crippen LogP contribution is 2.40. The second-order valence-electron chi connectivity index (χ2n) is 3.81. The molecular weight excluding hydrogens is 158 g/mol. The van der Waals surface area contributed by atoms with E-state index >= 15 is 0 Å². The summed E-state index contributed by atoms with van der Waals surface area (Å²) in [5.74, 6) is 0.785. The van der Waals surface area contributed by atoms with Crippen LogP contribution in [0.2, 0.25) is 0 Å². The van der Waals surface area contributed by atoms with Crippen molar-refractivity contribution in [3.8, 4) is 0 Å². The van der Waals surface area contributed by atoms with Crippen LogP contribution in [0.1, 0.15) is 31.2 Å². The van der Waals surface area contributed by atoms with E-state index in [4.69, 9.17) is 0 Å². The Hall–Kier alpha value is -0.820. The molecule has 2 atom stereocenters. The van der Waals surface area contributed by atoms with Gasteiger partial charge in [-0.25, -0.2) is 0 Å². The molecule has 0 aliphatic heterocycles. The summed E-state index contributed by atoms with van der Waals surface area (Å²) < 4.78 is 0. The molecule has 13 heavy (non-hydrogen) atoms. The van der Waals surface area contributed by atoms with Crippen molar-refractivity contribution in [3.63, 3.8) is 0 Å². The first-order valence-electron chi connectivity index (χ1n) is 5.20. The average molecular weight is 175 g/mol. The molecule has 0 saturated heterocycles. The van der Waals surface area contributed by atoms with Gasteiger partial charge in [0.15, 0.2) is 0 Å². The topological polar surface area (TPSA) is 12.0 Å². The average Bonchev–Trinajstić information content (AvgIpc) is 2.95. The van der Waals surface area contributed by atoms with Crippen LogP contribution in [0.3, 0.4) is 0 Å². The van der Waals surface area contributed by atoms with Gasteiger partial charge in [-0.15, -0.1) is 0 Å². The van der Waals surface area contributed by atoms with Gasteiger partial charge in [0.1, 0.15) is 0 Å². The molecule has 1 fully saturated rings. The third kappa shape index (κ3) is 2.10. The van der Waals surface area contributed by atoms with E-state index in [1.807, 2.05) is 0 Å². The summed E-state index contributed by atoms with van der Waals surface area (Å²) in [6, 6.07) is 11.6. The third-order valence-corrected chi connectivity index (χ3v) is 2.67. The first kappa shape index (κ1) is 8.76. The lowest BCUT2D eigenvalue weighted by atomic mass is 10.1. The monoisotopic (exact) mass is 175 g/mol. The van der Waals surface area contributed by atoms with Crippen molar-refractivity contribution in [2.24, 2.45) is 0 Å². The molecular formula is C12H17N. The molecule has 1 aromatic rings. The molecule has 0 aromatic heterocycles. The minimum absolute atomic E-state index is 0.752. The van der Waals surface area contributed by atoms with Crippen molar-refractivity contribution in [2.75, 3.05) is 6.54 Å². The molecule has 1 aromatic carbocycles. The van der Waals surface area contributed by atoms with Crippen LogP contribution in [0.5, 0.6) is 0 Å². The maximum absolute atomic E-state index is 3.55. The van der Waals surface area contributed by atoms with Gasteiger partial charge < -0.3 is 5.32 Å². The SMILES string of the molecule is CCCN[C@@H]1C[C@H]1c1ccccc1. The summed E-state index contributed by atoms with van der Waals surface area (Å²) >= 11 is 0. The predicted octanol–water partition coefficient (Wildman–Crippen LogP) is 2.54. The summed E-state index contributed by atoms with van der Waals surface area (Å²) in [5, 5.41) is 3.55. The van der Waals surface area contributed by atoms with E-state index in [1.165, 1.54) is 18.4 Å². The van der Waals surface area contributed by atoms with Gasteiger partial charge >= 0.3 is 0 Å². The highest BCUT2D eigenvalue weighted by Gasteiger charge is 2.37. The first-order valence-corrected chi connectivity index (χ1v) is 5.20. The zero-order valence-corrected chi connectivity index (χ0v) is 8.16. The van der Waals surface area contributed by atoms with Crippen molar-refractivity contribution < 1.29 is 0 Å². The quantitative estimate of drug-likeness (QED) is 0.741. The molecule has 2 rings (SSSR count). The Labute approximate surface area is 80.2 Å². The van der Waals surface area contributed by atoms with E-state index in [0.717, 1.165) is 18.5 Å². The molecule has 0 bridgehead atoms. The van der Waals surface area contributed by atoms with Crippen molar-refractivity contribution in [1.82, 2.24) is 5.32 Å². The zero-order chi connectivity index (χ0) is 9.10. The van der Waals surface area contributed by atoms with Crippen LogP contribution >= 0.6 is 0 Å². The van der Waals surface area contributed by atoms with Crippen LogP contribution < -0.4 is 5.32 Å². The number of hydrogen-bond donors (Lipinski definition) is 1. The molecule has 0 amide bonds. The van der Waals surface area contributed by atoms with Gasteiger partial charge in [0.05, 0.1) is 0 Å². The van der Waals surface area contributed by atoms with Gasteiger partial charge in [-0.3, -0.25) is 0 Å². The van der Waals surface area contributed by atoms with Crippen LogP contribution in [0, 0.1) is 0 Å². The minimum atomic E-state index is 0.752. The number of benzene rings is 1. The molecule has 1 nitrogen and oxygen atoms in total. The second kappa shape index (κ2) is 3.93. The molecule has 70 valence electrons.